The second-order valence-electron chi connectivity index (χ2n) is 8.10. The summed E-state index contributed by atoms with van der Waals surface area (Å²) in [5.41, 5.74) is 3.36. The maximum atomic E-state index is 13.0. The molecule has 31 heavy (non-hydrogen) atoms. The summed E-state index contributed by atoms with van der Waals surface area (Å²) in [6, 6.07) is 12.5. The summed E-state index contributed by atoms with van der Waals surface area (Å²) in [4.78, 5) is 9.14. The van der Waals surface area contributed by atoms with Gasteiger partial charge in [-0.25, -0.2) is 4.98 Å². The molecule has 1 unspecified atom stereocenters. The molecule has 0 aliphatic carbocycles. The molecule has 1 aliphatic rings. The average Bonchev–Trinajstić information content (AvgIpc) is 3.12. The van der Waals surface area contributed by atoms with E-state index in [4.69, 9.17) is 5.26 Å². The number of nitriles is 1. The van der Waals surface area contributed by atoms with E-state index >= 15 is 0 Å². The number of halogens is 3. The van der Waals surface area contributed by atoms with Crippen LogP contribution in [0.5, 0.6) is 0 Å². The maximum Gasteiger partial charge on any atom is 0.416 e. The minimum atomic E-state index is -4.35. The van der Waals surface area contributed by atoms with E-state index in [1.807, 2.05) is 13.0 Å². The molecule has 8 heteroatoms. The van der Waals surface area contributed by atoms with Crippen LogP contribution in [-0.2, 0) is 19.1 Å². The van der Waals surface area contributed by atoms with Gasteiger partial charge in [-0.15, -0.1) is 0 Å². The van der Waals surface area contributed by atoms with Crippen molar-refractivity contribution in [2.24, 2.45) is 0 Å². The summed E-state index contributed by atoms with van der Waals surface area (Å²) in [6.07, 6.45) is -3.94. The molecule has 0 bridgehead atoms. The van der Waals surface area contributed by atoms with Crippen molar-refractivity contribution in [2.75, 3.05) is 24.5 Å². The van der Waals surface area contributed by atoms with Crippen LogP contribution in [0.2, 0.25) is 0 Å². The first-order chi connectivity index (χ1) is 14.7. The lowest BCUT2D eigenvalue weighted by Gasteiger charge is -2.39. The molecule has 1 atom stereocenters. The largest absolute Gasteiger partial charge is 0.416 e. The van der Waals surface area contributed by atoms with Gasteiger partial charge in [-0.1, -0.05) is 35.1 Å². The van der Waals surface area contributed by atoms with Gasteiger partial charge >= 0.3 is 6.18 Å². The van der Waals surface area contributed by atoms with Crippen LogP contribution in [0.4, 0.5) is 18.3 Å². The van der Waals surface area contributed by atoms with Crippen molar-refractivity contribution in [3.05, 3.63) is 58.7 Å². The molecule has 0 amide bonds. The first-order valence-electron chi connectivity index (χ1n) is 10.2. The van der Waals surface area contributed by atoms with Crippen molar-refractivity contribution in [3.63, 3.8) is 0 Å². The van der Waals surface area contributed by atoms with E-state index in [2.05, 4.69) is 39.9 Å². The summed E-state index contributed by atoms with van der Waals surface area (Å²) in [5.74, 6) is 0. The van der Waals surface area contributed by atoms with Crippen LogP contribution in [0, 0.1) is 18.3 Å². The number of piperazine rings is 1. The number of anilines is 1. The van der Waals surface area contributed by atoms with Crippen LogP contribution < -0.4 is 4.90 Å². The van der Waals surface area contributed by atoms with Gasteiger partial charge < -0.3 is 4.90 Å². The number of fused-ring (bicyclic) bond motifs is 1. The van der Waals surface area contributed by atoms with Crippen molar-refractivity contribution < 1.29 is 13.2 Å². The Balaban J connectivity index is 1.46. The van der Waals surface area contributed by atoms with Gasteiger partial charge in [0.15, 0.2) is 5.13 Å². The highest BCUT2D eigenvalue weighted by Crippen LogP contribution is 2.36. The number of alkyl halides is 3. The van der Waals surface area contributed by atoms with E-state index in [1.54, 1.807) is 0 Å². The van der Waals surface area contributed by atoms with Gasteiger partial charge in [0.1, 0.15) is 0 Å². The third-order valence-corrected chi connectivity index (χ3v) is 6.68. The molecule has 4 rings (SSSR count). The van der Waals surface area contributed by atoms with Crippen LogP contribution in [0.1, 0.15) is 29.2 Å². The smallest absolute Gasteiger partial charge is 0.345 e. The summed E-state index contributed by atoms with van der Waals surface area (Å²) < 4.78 is 39.5. The van der Waals surface area contributed by atoms with Crippen LogP contribution in [0.3, 0.4) is 0 Å². The summed E-state index contributed by atoms with van der Waals surface area (Å²) in [6.45, 7) is 7.39. The molecule has 4 nitrogen and oxygen atoms in total. The second kappa shape index (κ2) is 8.48. The van der Waals surface area contributed by atoms with Gasteiger partial charge in [0.2, 0.25) is 0 Å². The van der Waals surface area contributed by atoms with Gasteiger partial charge in [-0.3, -0.25) is 4.90 Å². The van der Waals surface area contributed by atoms with E-state index in [9.17, 15) is 13.2 Å². The Morgan fingerprint density at radius 2 is 1.94 bits per heavy atom. The molecule has 0 saturated carbocycles. The molecule has 0 N–H and O–H groups in total. The third kappa shape index (κ3) is 4.83. The minimum absolute atomic E-state index is 0.270. The zero-order valence-corrected chi connectivity index (χ0v) is 18.2. The molecule has 0 radical (unpaired) electrons. The standard InChI is InChI=1S/C23H23F3N4S/c1-15-9-17(5-6-27)11-18(10-15)14-29-7-8-30(13-16(29)2)22-28-20-4-3-19(23(24,25)26)12-21(20)31-22/h3-4,9-12,16H,5,7-8,13-14H2,1-2H3. The summed E-state index contributed by atoms with van der Waals surface area (Å²) in [7, 11) is 0. The Morgan fingerprint density at radius 3 is 2.65 bits per heavy atom. The first kappa shape index (κ1) is 21.6. The highest BCUT2D eigenvalue weighted by Gasteiger charge is 2.31. The Labute approximate surface area is 183 Å². The second-order valence-corrected chi connectivity index (χ2v) is 9.11. The molecular weight excluding hydrogens is 421 g/mol. The van der Waals surface area contributed by atoms with E-state index < -0.39 is 11.7 Å². The van der Waals surface area contributed by atoms with Gasteiger partial charge in [0.05, 0.1) is 28.3 Å². The number of hydrogen-bond acceptors (Lipinski definition) is 5. The number of nitrogens with zero attached hydrogens (tertiary/aromatic N) is 4. The number of hydrogen-bond donors (Lipinski definition) is 0. The molecule has 2 aromatic carbocycles. The van der Waals surface area contributed by atoms with Crippen molar-refractivity contribution in [2.45, 2.75) is 39.0 Å². The van der Waals surface area contributed by atoms with Crippen molar-refractivity contribution in [3.8, 4) is 6.07 Å². The van der Waals surface area contributed by atoms with Gasteiger partial charge in [0, 0.05) is 32.2 Å². The monoisotopic (exact) mass is 444 g/mol. The van der Waals surface area contributed by atoms with Crippen molar-refractivity contribution in [1.29, 1.82) is 5.26 Å². The normalized spacial score (nSPS) is 17.8. The summed E-state index contributed by atoms with van der Waals surface area (Å²) >= 11 is 1.32. The third-order valence-electron chi connectivity index (χ3n) is 5.61. The molecule has 1 aliphatic heterocycles. The Bertz CT molecular complexity index is 1130. The lowest BCUT2D eigenvalue weighted by atomic mass is 10.0. The molecule has 1 aromatic heterocycles. The quantitative estimate of drug-likeness (QED) is 0.540. The topological polar surface area (TPSA) is 43.2 Å². The lowest BCUT2D eigenvalue weighted by molar-refractivity contribution is -0.137. The number of aromatic nitrogens is 1. The van der Waals surface area contributed by atoms with E-state index in [1.165, 1.54) is 29.0 Å². The lowest BCUT2D eigenvalue weighted by Crippen LogP contribution is -2.51. The minimum Gasteiger partial charge on any atom is -0.345 e. The number of aryl methyl sites for hydroxylation is 1. The molecule has 162 valence electrons. The van der Waals surface area contributed by atoms with Crippen LogP contribution >= 0.6 is 11.3 Å². The molecular formula is C23H23F3N4S. The van der Waals surface area contributed by atoms with Gasteiger partial charge in [0.25, 0.3) is 0 Å². The fourth-order valence-electron chi connectivity index (χ4n) is 4.10. The number of benzene rings is 2. The molecule has 1 saturated heterocycles. The summed E-state index contributed by atoms with van der Waals surface area (Å²) in [5, 5.41) is 9.75. The molecule has 0 spiro atoms. The zero-order chi connectivity index (χ0) is 22.2. The van der Waals surface area contributed by atoms with Gasteiger partial charge in [-0.2, -0.15) is 18.4 Å². The zero-order valence-electron chi connectivity index (χ0n) is 17.4. The maximum absolute atomic E-state index is 13.0. The predicted octanol–water partition coefficient (Wildman–Crippen LogP) is 5.40. The number of rotatable bonds is 4. The van der Waals surface area contributed by atoms with E-state index in [0.29, 0.717) is 16.6 Å². The van der Waals surface area contributed by atoms with E-state index in [0.717, 1.165) is 48.5 Å². The Morgan fingerprint density at radius 1 is 1.16 bits per heavy atom. The molecule has 2 heterocycles. The SMILES string of the molecule is Cc1cc(CC#N)cc(CN2CCN(c3nc4ccc(C(F)(F)F)cc4s3)CC2C)c1. The van der Waals surface area contributed by atoms with Gasteiger partial charge in [-0.05, 0) is 43.2 Å². The Kier molecular flexibility index (Phi) is 5.91. The van der Waals surface area contributed by atoms with Crippen molar-refractivity contribution >= 4 is 26.7 Å². The first-order valence-corrected chi connectivity index (χ1v) is 11.0. The highest BCUT2D eigenvalue weighted by atomic mass is 32.1. The van der Waals surface area contributed by atoms with Crippen LogP contribution in [-0.4, -0.2) is 35.6 Å². The molecule has 3 aromatic rings. The predicted molar refractivity (Wildman–Crippen MR) is 117 cm³/mol. The van der Waals surface area contributed by atoms with E-state index in [-0.39, 0.29) is 6.04 Å². The van der Waals surface area contributed by atoms with Crippen LogP contribution in [0.15, 0.2) is 36.4 Å². The van der Waals surface area contributed by atoms with Crippen LogP contribution in [0.25, 0.3) is 10.2 Å². The highest BCUT2D eigenvalue weighted by molar-refractivity contribution is 7.22. The fourth-order valence-corrected chi connectivity index (χ4v) is 5.13. The van der Waals surface area contributed by atoms with Crippen molar-refractivity contribution in [1.82, 2.24) is 9.88 Å². The number of thiazole rings is 1. The fraction of sp³-hybridized carbons (Fsp3) is 0.391. The molecule has 1 fully saturated rings. The Hall–Kier alpha value is -2.63. The average molecular weight is 445 g/mol.